The van der Waals surface area contributed by atoms with Gasteiger partial charge >= 0.3 is 6.18 Å². The Morgan fingerprint density at radius 2 is 1.81 bits per heavy atom. The Bertz CT molecular complexity index is 1010. The van der Waals surface area contributed by atoms with Gasteiger partial charge in [-0.3, -0.25) is 0 Å². The minimum atomic E-state index is -4.60. The van der Waals surface area contributed by atoms with E-state index < -0.39 is 17.3 Å². The molecule has 0 spiro atoms. The molecule has 0 bridgehead atoms. The molecule has 0 radical (unpaired) electrons. The summed E-state index contributed by atoms with van der Waals surface area (Å²) in [4.78, 5) is 0. The number of halogens is 3. The van der Waals surface area contributed by atoms with E-state index in [4.69, 9.17) is 15.2 Å². The van der Waals surface area contributed by atoms with Crippen molar-refractivity contribution in [3.8, 4) is 16.3 Å². The molecular weight excluding hydrogens is 443 g/mol. The maximum Gasteiger partial charge on any atom is 0.419 e. The van der Waals surface area contributed by atoms with Crippen molar-refractivity contribution in [3.05, 3.63) is 64.7 Å². The first kappa shape index (κ1) is 24.1. The molecule has 0 saturated heterocycles. The average Bonchev–Trinajstić information content (AvgIpc) is 3.27. The van der Waals surface area contributed by atoms with E-state index in [1.54, 1.807) is 6.92 Å². The van der Waals surface area contributed by atoms with Gasteiger partial charge in [0, 0.05) is 12.0 Å². The van der Waals surface area contributed by atoms with Crippen molar-refractivity contribution in [1.82, 2.24) is 10.2 Å². The topological polar surface area (TPSA) is 90.5 Å². The fourth-order valence-corrected chi connectivity index (χ4v) is 3.65. The molecule has 172 valence electrons. The van der Waals surface area contributed by atoms with E-state index in [0.29, 0.717) is 24.6 Å². The first-order valence-corrected chi connectivity index (χ1v) is 10.7. The summed E-state index contributed by atoms with van der Waals surface area (Å²) < 4.78 is 51.8. The van der Waals surface area contributed by atoms with Crippen LogP contribution in [0.1, 0.15) is 29.5 Å². The molecule has 0 aliphatic rings. The highest BCUT2D eigenvalue weighted by atomic mass is 32.1. The van der Waals surface area contributed by atoms with Crippen LogP contribution in [-0.4, -0.2) is 35.1 Å². The van der Waals surface area contributed by atoms with Crippen molar-refractivity contribution in [1.29, 1.82) is 0 Å². The van der Waals surface area contributed by atoms with Crippen LogP contribution in [-0.2, 0) is 23.1 Å². The summed E-state index contributed by atoms with van der Waals surface area (Å²) in [6, 6.07) is 13.4. The highest BCUT2D eigenvalue weighted by Gasteiger charge is 2.35. The lowest BCUT2D eigenvalue weighted by atomic mass is 10.1. The van der Waals surface area contributed by atoms with Gasteiger partial charge < -0.3 is 20.3 Å². The molecule has 3 aromatic rings. The quantitative estimate of drug-likeness (QED) is 0.430. The fraction of sp³-hybridized carbons (Fsp3) is 0.364. The molecule has 0 fully saturated rings. The van der Waals surface area contributed by atoms with E-state index in [2.05, 4.69) is 10.2 Å². The second kappa shape index (κ2) is 10.4. The predicted octanol–water partition coefficient (Wildman–Crippen LogP) is 4.38. The van der Waals surface area contributed by atoms with E-state index in [-0.39, 0.29) is 29.5 Å². The number of alkyl halides is 3. The zero-order valence-corrected chi connectivity index (χ0v) is 18.2. The summed E-state index contributed by atoms with van der Waals surface area (Å²) >= 11 is 1.04. The summed E-state index contributed by atoms with van der Waals surface area (Å²) in [5.74, 6) is -0.256. The molecule has 10 heteroatoms. The minimum absolute atomic E-state index is 0.0855. The molecule has 0 amide bonds. The molecule has 6 nitrogen and oxygen atoms in total. The van der Waals surface area contributed by atoms with Crippen molar-refractivity contribution in [2.24, 2.45) is 5.73 Å². The Labute approximate surface area is 187 Å². The number of aliphatic hydroxyl groups excluding tert-OH is 1. The Morgan fingerprint density at radius 3 is 2.50 bits per heavy atom. The normalized spacial score (nSPS) is 13.7. The highest BCUT2D eigenvalue weighted by molar-refractivity contribution is 7.14. The Kier molecular flexibility index (Phi) is 7.83. The standard InChI is InChI=1S/C22H24F3N3O3S/c1-21(26,14-29)20-28-27-19(32-20)16-8-9-18(17(12-16)22(23,24)25)31-11-5-10-30-13-15-6-3-2-4-7-15/h2-4,6-9,12,29H,5,10-11,13-14,26H2,1H3. The number of nitrogens with two attached hydrogens (primary N) is 1. The van der Waals surface area contributed by atoms with Gasteiger partial charge in [-0.1, -0.05) is 41.7 Å². The molecule has 1 unspecified atom stereocenters. The molecule has 0 aliphatic heterocycles. The average molecular weight is 468 g/mol. The Balaban J connectivity index is 1.63. The van der Waals surface area contributed by atoms with E-state index >= 15 is 0 Å². The Hall–Kier alpha value is -2.53. The van der Waals surface area contributed by atoms with Gasteiger partial charge in [-0.2, -0.15) is 13.2 Å². The van der Waals surface area contributed by atoms with Crippen LogP contribution in [0.25, 0.3) is 10.6 Å². The first-order chi connectivity index (χ1) is 15.2. The summed E-state index contributed by atoms with van der Waals surface area (Å²) in [6.45, 7) is 2.09. The van der Waals surface area contributed by atoms with E-state index in [1.807, 2.05) is 30.3 Å². The number of aliphatic hydroxyl groups is 1. The monoisotopic (exact) mass is 467 g/mol. The fourth-order valence-electron chi connectivity index (χ4n) is 2.76. The minimum Gasteiger partial charge on any atom is -0.493 e. The molecule has 32 heavy (non-hydrogen) atoms. The number of benzene rings is 2. The number of ether oxygens (including phenoxy) is 2. The number of aromatic nitrogens is 2. The van der Waals surface area contributed by atoms with E-state index in [1.165, 1.54) is 12.1 Å². The van der Waals surface area contributed by atoms with Crippen molar-refractivity contribution >= 4 is 11.3 Å². The summed E-state index contributed by atoms with van der Waals surface area (Å²) in [6.07, 6.45) is -4.15. The molecule has 1 aromatic heterocycles. The molecule has 0 aliphatic carbocycles. The van der Waals surface area contributed by atoms with Crippen molar-refractivity contribution in [2.45, 2.75) is 31.7 Å². The largest absolute Gasteiger partial charge is 0.493 e. The zero-order valence-electron chi connectivity index (χ0n) is 17.4. The smallest absolute Gasteiger partial charge is 0.419 e. The summed E-state index contributed by atoms with van der Waals surface area (Å²) in [5.41, 5.74) is 5.18. The van der Waals surface area contributed by atoms with Crippen LogP contribution >= 0.6 is 11.3 Å². The second-order valence-corrected chi connectivity index (χ2v) is 8.41. The van der Waals surface area contributed by atoms with Crippen molar-refractivity contribution < 1.29 is 27.8 Å². The molecule has 0 saturated carbocycles. The molecular formula is C22H24F3N3O3S. The zero-order chi connectivity index (χ0) is 23.2. The van der Waals surface area contributed by atoms with Gasteiger partial charge in [0.05, 0.1) is 37.5 Å². The summed E-state index contributed by atoms with van der Waals surface area (Å²) in [7, 11) is 0. The van der Waals surface area contributed by atoms with Gasteiger partial charge in [0.2, 0.25) is 0 Å². The Morgan fingerprint density at radius 1 is 1.06 bits per heavy atom. The summed E-state index contributed by atoms with van der Waals surface area (Å²) in [5, 5.41) is 17.8. The van der Waals surface area contributed by atoms with Crippen LogP contribution in [0.4, 0.5) is 13.2 Å². The van der Waals surface area contributed by atoms with Crippen LogP contribution in [0.5, 0.6) is 5.75 Å². The van der Waals surface area contributed by atoms with Gasteiger partial charge in [-0.25, -0.2) is 0 Å². The molecule has 1 atom stereocenters. The third-order valence-electron chi connectivity index (χ3n) is 4.58. The van der Waals surface area contributed by atoms with E-state index in [0.717, 1.165) is 23.0 Å². The maximum absolute atomic E-state index is 13.6. The second-order valence-electron chi connectivity index (χ2n) is 7.44. The van der Waals surface area contributed by atoms with Gasteiger partial charge in [0.25, 0.3) is 0 Å². The van der Waals surface area contributed by atoms with Crippen LogP contribution in [0, 0.1) is 0 Å². The lowest BCUT2D eigenvalue weighted by Gasteiger charge is -2.17. The molecule has 3 N–H and O–H groups in total. The maximum atomic E-state index is 13.6. The molecule has 1 heterocycles. The number of hydrogen-bond donors (Lipinski definition) is 2. The van der Waals surface area contributed by atoms with Crippen LogP contribution in [0.3, 0.4) is 0 Å². The predicted molar refractivity (Wildman–Crippen MR) is 115 cm³/mol. The lowest BCUT2D eigenvalue weighted by molar-refractivity contribution is -0.138. The third-order valence-corrected chi connectivity index (χ3v) is 5.83. The molecule has 2 aromatic carbocycles. The number of rotatable bonds is 10. The van der Waals surface area contributed by atoms with Crippen LogP contribution in [0.15, 0.2) is 48.5 Å². The van der Waals surface area contributed by atoms with Crippen LogP contribution < -0.4 is 10.5 Å². The van der Waals surface area contributed by atoms with Crippen molar-refractivity contribution in [2.75, 3.05) is 19.8 Å². The van der Waals surface area contributed by atoms with Crippen LogP contribution in [0.2, 0.25) is 0 Å². The SMILES string of the molecule is CC(N)(CO)c1nnc(-c2ccc(OCCCOCc3ccccc3)c(C(F)(F)F)c2)s1. The van der Waals surface area contributed by atoms with Gasteiger partial charge in [0.1, 0.15) is 15.8 Å². The number of nitrogens with zero attached hydrogens (tertiary/aromatic N) is 2. The molecule has 3 rings (SSSR count). The van der Waals surface area contributed by atoms with Gasteiger partial charge in [-0.15, -0.1) is 10.2 Å². The van der Waals surface area contributed by atoms with E-state index in [9.17, 15) is 18.3 Å². The third kappa shape index (κ3) is 6.26. The van der Waals surface area contributed by atoms with Gasteiger partial charge in [-0.05, 0) is 30.7 Å². The lowest BCUT2D eigenvalue weighted by Crippen LogP contribution is -2.36. The van der Waals surface area contributed by atoms with Crippen molar-refractivity contribution in [3.63, 3.8) is 0 Å². The number of hydrogen-bond acceptors (Lipinski definition) is 7. The highest BCUT2D eigenvalue weighted by Crippen LogP contribution is 2.39. The first-order valence-electron chi connectivity index (χ1n) is 9.90. The van der Waals surface area contributed by atoms with Gasteiger partial charge in [0.15, 0.2) is 0 Å².